The number of anilines is 1. The molecule has 0 spiro atoms. The SMILES string of the molecule is Cc1c(-c2cc(F)cc3cc[nH]c23)c(F)cc2c1-n1c(C)nnc1C(C)(C)N2. The number of H-pyrrole nitrogens is 1. The molecule has 0 saturated heterocycles. The molecule has 0 amide bonds. The average molecular weight is 379 g/mol. The topological polar surface area (TPSA) is 58.5 Å². The van der Waals surface area contributed by atoms with Crippen molar-refractivity contribution in [2.45, 2.75) is 33.2 Å². The summed E-state index contributed by atoms with van der Waals surface area (Å²) in [4.78, 5) is 3.11. The number of benzene rings is 2. The molecule has 1 aliphatic heterocycles. The summed E-state index contributed by atoms with van der Waals surface area (Å²) in [7, 11) is 0. The number of hydrogen-bond acceptors (Lipinski definition) is 3. The van der Waals surface area contributed by atoms with Crippen molar-refractivity contribution in [2.75, 3.05) is 5.32 Å². The quantitative estimate of drug-likeness (QED) is 0.491. The first kappa shape index (κ1) is 16.9. The van der Waals surface area contributed by atoms with Gasteiger partial charge in [-0.2, -0.15) is 0 Å². The molecule has 0 unspecified atom stereocenters. The minimum atomic E-state index is -0.500. The number of halogens is 2. The van der Waals surface area contributed by atoms with Crippen LogP contribution in [0.1, 0.15) is 31.1 Å². The summed E-state index contributed by atoms with van der Waals surface area (Å²) >= 11 is 0. The molecule has 0 bridgehead atoms. The summed E-state index contributed by atoms with van der Waals surface area (Å²) in [5.41, 5.74) is 3.22. The Morgan fingerprint density at radius 3 is 2.64 bits per heavy atom. The van der Waals surface area contributed by atoms with E-state index in [-0.39, 0.29) is 0 Å². The van der Waals surface area contributed by atoms with E-state index in [0.29, 0.717) is 33.3 Å². The molecule has 5 rings (SSSR count). The first-order valence-corrected chi connectivity index (χ1v) is 9.09. The number of fused-ring (bicyclic) bond motifs is 4. The Hall–Kier alpha value is -3.22. The first-order valence-electron chi connectivity index (χ1n) is 9.09. The van der Waals surface area contributed by atoms with Gasteiger partial charge in [-0.3, -0.25) is 4.57 Å². The maximum atomic E-state index is 15.3. The van der Waals surface area contributed by atoms with Crippen LogP contribution in [0.2, 0.25) is 0 Å². The predicted octanol–water partition coefficient (Wildman–Crippen LogP) is 4.97. The number of nitrogens with zero attached hydrogens (tertiary/aromatic N) is 3. The van der Waals surface area contributed by atoms with Crippen molar-refractivity contribution in [3.8, 4) is 16.8 Å². The normalized spacial score (nSPS) is 14.6. The molecule has 142 valence electrons. The fraction of sp³-hybridized carbons (Fsp3) is 0.238. The number of aromatic amines is 1. The summed E-state index contributed by atoms with van der Waals surface area (Å²) in [6.07, 6.45) is 1.73. The summed E-state index contributed by atoms with van der Waals surface area (Å²) in [6, 6.07) is 6.06. The molecule has 3 heterocycles. The highest BCUT2D eigenvalue weighted by Crippen LogP contribution is 2.43. The molecule has 5 nitrogen and oxygen atoms in total. The van der Waals surface area contributed by atoms with E-state index in [9.17, 15) is 4.39 Å². The number of rotatable bonds is 1. The smallest absolute Gasteiger partial charge is 0.162 e. The van der Waals surface area contributed by atoms with Crippen LogP contribution in [0.5, 0.6) is 0 Å². The molecular formula is C21H19F2N5. The van der Waals surface area contributed by atoms with Crippen molar-refractivity contribution in [3.05, 3.63) is 59.3 Å². The third kappa shape index (κ3) is 2.16. The van der Waals surface area contributed by atoms with E-state index >= 15 is 4.39 Å². The molecule has 0 saturated carbocycles. The third-order valence-electron chi connectivity index (χ3n) is 5.44. The van der Waals surface area contributed by atoms with Gasteiger partial charge < -0.3 is 10.3 Å². The van der Waals surface area contributed by atoms with Crippen molar-refractivity contribution in [1.82, 2.24) is 19.7 Å². The maximum Gasteiger partial charge on any atom is 0.162 e. The first-order chi connectivity index (χ1) is 13.3. The number of hydrogen-bond donors (Lipinski definition) is 2. The van der Waals surface area contributed by atoms with Gasteiger partial charge in [-0.15, -0.1) is 10.2 Å². The van der Waals surface area contributed by atoms with E-state index < -0.39 is 17.2 Å². The van der Waals surface area contributed by atoms with Crippen molar-refractivity contribution in [1.29, 1.82) is 0 Å². The number of aromatic nitrogens is 4. The van der Waals surface area contributed by atoms with Crippen LogP contribution in [0.25, 0.3) is 27.7 Å². The van der Waals surface area contributed by atoms with Gasteiger partial charge in [0.25, 0.3) is 0 Å². The molecule has 0 atom stereocenters. The summed E-state index contributed by atoms with van der Waals surface area (Å²) < 4.78 is 31.5. The minimum absolute atomic E-state index is 0.367. The van der Waals surface area contributed by atoms with Gasteiger partial charge in [0.1, 0.15) is 17.5 Å². The minimum Gasteiger partial charge on any atom is -0.371 e. The van der Waals surface area contributed by atoms with E-state index in [0.717, 1.165) is 17.3 Å². The molecule has 0 aliphatic carbocycles. The Labute approximate surface area is 160 Å². The molecular weight excluding hydrogens is 360 g/mol. The Balaban J connectivity index is 1.87. The monoisotopic (exact) mass is 379 g/mol. The maximum absolute atomic E-state index is 15.3. The largest absolute Gasteiger partial charge is 0.371 e. The molecule has 0 fully saturated rings. The second-order valence-electron chi connectivity index (χ2n) is 7.81. The van der Waals surface area contributed by atoms with Crippen LogP contribution in [-0.2, 0) is 5.54 Å². The highest BCUT2D eigenvalue weighted by molar-refractivity contribution is 5.96. The second kappa shape index (κ2) is 5.41. The Morgan fingerprint density at radius 2 is 1.86 bits per heavy atom. The zero-order valence-corrected chi connectivity index (χ0v) is 16.0. The fourth-order valence-corrected chi connectivity index (χ4v) is 4.24. The standard InChI is InChI=1S/C21H19F2N5/c1-10-17(14-8-13(22)7-12-5-6-24-18(12)14)15(23)9-16-19(10)28-11(2)26-27-20(28)21(3,4)25-16/h5-9,24-25H,1-4H3. The van der Waals surface area contributed by atoms with Gasteiger partial charge in [-0.1, -0.05) is 0 Å². The van der Waals surface area contributed by atoms with E-state index in [2.05, 4.69) is 20.5 Å². The molecule has 28 heavy (non-hydrogen) atoms. The molecule has 2 aromatic heterocycles. The average Bonchev–Trinajstić information content (AvgIpc) is 3.21. The Morgan fingerprint density at radius 1 is 1.07 bits per heavy atom. The van der Waals surface area contributed by atoms with Crippen LogP contribution in [0.3, 0.4) is 0 Å². The van der Waals surface area contributed by atoms with Crippen molar-refractivity contribution >= 4 is 16.6 Å². The number of aryl methyl sites for hydroxylation is 1. The van der Waals surface area contributed by atoms with Crippen molar-refractivity contribution < 1.29 is 8.78 Å². The van der Waals surface area contributed by atoms with E-state index in [1.54, 1.807) is 12.3 Å². The van der Waals surface area contributed by atoms with Gasteiger partial charge in [0.2, 0.25) is 0 Å². The highest BCUT2D eigenvalue weighted by Gasteiger charge is 2.36. The lowest BCUT2D eigenvalue weighted by Gasteiger charge is -2.35. The number of nitrogens with one attached hydrogen (secondary N) is 2. The third-order valence-corrected chi connectivity index (χ3v) is 5.44. The Kier molecular flexibility index (Phi) is 3.27. The van der Waals surface area contributed by atoms with Gasteiger partial charge in [0, 0.05) is 22.7 Å². The van der Waals surface area contributed by atoms with Crippen LogP contribution in [0.15, 0.2) is 30.5 Å². The van der Waals surface area contributed by atoms with Gasteiger partial charge in [0.15, 0.2) is 5.82 Å². The van der Waals surface area contributed by atoms with Gasteiger partial charge in [0.05, 0.1) is 22.4 Å². The fourth-order valence-electron chi connectivity index (χ4n) is 4.24. The van der Waals surface area contributed by atoms with Gasteiger partial charge >= 0.3 is 0 Å². The van der Waals surface area contributed by atoms with Crippen LogP contribution < -0.4 is 5.32 Å². The van der Waals surface area contributed by atoms with Gasteiger partial charge in [-0.25, -0.2) is 8.78 Å². The molecule has 1 aliphatic rings. The van der Waals surface area contributed by atoms with Crippen molar-refractivity contribution in [3.63, 3.8) is 0 Å². The Bertz CT molecular complexity index is 1270. The lowest BCUT2D eigenvalue weighted by atomic mass is 9.92. The zero-order chi connectivity index (χ0) is 19.8. The van der Waals surface area contributed by atoms with Crippen LogP contribution in [-0.4, -0.2) is 19.7 Å². The summed E-state index contributed by atoms with van der Waals surface area (Å²) in [6.45, 7) is 7.67. The van der Waals surface area contributed by atoms with Crippen LogP contribution >= 0.6 is 0 Å². The lowest BCUT2D eigenvalue weighted by Crippen LogP contribution is -2.36. The molecule has 2 N–H and O–H groups in total. The highest BCUT2D eigenvalue weighted by atomic mass is 19.1. The second-order valence-corrected chi connectivity index (χ2v) is 7.81. The van der Waals surface area contributed by atoms with Crippen LogP contribution in [0, 0.1) is 25.5 Å². The predicted molar refractivity (Wildman–Crippen MR) is 105 cm³/mol. The molecule has 4 aromatic rings. The van der Waals surface area contributed by atoms with E-state index in [1.807, 2.05) is 32.3 Å². The molecule has 0 radical (unpaired) electrons. The molecule has 2 aromatic carbocycles. The van der Waals surface area contributed by atoms with Crippen LogP contribution in [0.4, 0.5) is 14.5 Å². The lowest BCUT2D eigenvalue weighted by molar-refractivity contribution is 0.532. The van der Waals surface area contributed by atoms with E-state index in [1.165, 1.54) is 18.2 Å². The van der Waals surface area contributed by atoms with Gasteiger partial charge in [-0.05, 0) is 57.5 Å². The molecule has 7 heteroatoms. The van der Waals surface area contributed by atoms with E-state index in [4.69, 9.17) is 0 Å². The van der Waals surface area contributed by atoms with Crippen molar-refractivity contribution in [2.24, 2.45) is 0 Å². The summed E-state index contributed by atoms with van der Waals surface area (Å²) in [5, 5.41) is 12.6. The zero-order valence-electron chi connectivity index (χ0n) is 16.0. The summed E-state index contributed by atoms with van der Waals surface area (Å²) in [5.74, 6) is 0.660.